The summed E-state index contributed by atoms with van der Waals surface area (Å²) in [5.74, 6) is 0.232. The fourth-order valence-electron chi connectivity index (χ4n) is 1.94. The van der Waals surface area contributed by atoms with E-state index in [-0.39, 0.29) is 12.6 Å². The zero-order chi connectivity index (χ0) is 13.6. The Morgan fingerprint density at radius 1 is 1.11 bits per heavy atom. The van der Waals surface area contributed by atoms with Crippen molar-refractivity contribution in [2.24, 2.45) is 5.92 Å². The van der Waals surface area contributed by atoms with Crippen molar-refractivity contribution in [3.05, 3.63) is 0 Å². The highest BCUT2D eigenvalue weighted by molar-refractivity contribution is 7.09. The zero-order valence-corrected chi connectivity index (χ0v) is 13.1. The first-order valence-corrected chi connectivity index (χ1v) is 7.69. The maximum absolute atomic E-state index is 11.2. The van der Waals surface area contributed by atoms with Crippen molar-refractivity contribution in [2.45, 2.75) is 65.2 Å². The Labute approximate surface area is 114 Å². The van der Waals surface area contributed by atoms with Gasteiger partial charge < -0.3 is 9.26 Å². The Morgan fingerprint density at radius 3 is 2.39 bits per heavy atom. The van der Waals surface area contributed by atoms with Gasteiger partial charge in [-0.05, 0) is 12.3 Å². The lowest BCUT2D eigenvalue weighted by atomic mass is 9.99. The summed E-state index contributed by atoms with van der Waals surface area (Å²) >= 11 is 0. The van der Waals surface area contributed by atoms with E-state index in [4.69, 9.17) is 4.74 Å². The molecule has 0 heterocycles. The van der Waals surface area contributed by atoms with E-state index in [0.717, 1.165) is 12.8 Å². The molecule has 0 saturated heterocycles. The number of ether oxygens (including phenoxy) is 1. The highest BCUT2D eigenvalue weighted by atomic mass is 31.0. The molecule has 3 nitrogen and oxygen atoms in total. The Balaban J connectivity index is 3.49. The summed E-state index contributed by atoms with van der Waals surface area (Å²) in [6, 6.07) is 0. The zero-order valence-electron chi connectivity index (χ0n) is 12.0. The highest BCUT2D eigenvalue weighted by Crippen LogP contribution is 2.15. The Bertz CT molecular complexity index is 197. The molecular formula is C14H29O3P. The summed E-state index contributed by atoms with van der Waals surface area (Å²) in [5, 5.41) is 0. The maximum Gasteiger partial charge on any atom is 0.332 e. The fourth-order valence-corrected chi connectivity index (χ4v) is 2.08. The van der Waals surface area contributed by atoms with Gasteiger partial charge in [0, 0.05) is 9.47 Å². The van der Waals surface area contributed by atoms with Crippen molar-refractivity contribution in [1.29, 1.82) is 0 Å². The molecule has 2 unspecified atom stereocenters. The van der Waals surface area contributed by atoms with Crippen LogP contribution in [0.3, 0.4) is 0 Å². The molecule has 0 rings (SSSR count). The van der Waals surface area contributed by atoms with E-state index in [2.05, 4.69) is 27.8 Å². The molecule has 0 N–H and O–H groups in total. The maximum atomic E-state index is 11.2. The third-order valence-electron chi connectivity index (χ3n) is 3.22. The van der Waals surface area contributed by atoms with Crippen LogP contribution >= 0.6 is 9.47 Å². The second kappa shape index (κ2) is 13.3. The van der Waals surface area contributed by atoms with Gasteiger partial charge in [-0.15, -0.1) is 0 Å². The molecule has 0 amide bonds. The first-order chi connectivity index (χ1) is 8.74. The minimum Gasteiger partial charge on any atom is -0.464 e. The van der Waals surface area contributed by atoms with Gasteiger partial charge in [0.15, 0.2) is 0 Å². The molecule has 108 valence electrons. The number of hydrogen-bond donors (Lipinski definition) is 0. The van der Waals surface area contributed by atoms with Crippen LogP contribution in [0.1, 0.15) is 65.2 Å². The van der Waals surface area contributed by atoms with Crippen LogP contribution in [0.25, 0.3) is 0 Å². The quantitative estimate of drug-likeness (QED) is 0.306. The summed E-state index contributed by atoms with van der Waals surface area (Å²) in [6.07, 6.45) is 10.1. The monoisotopic (exact) mass is 276 g/mol. The molecule has 0 aliphatic rings. The van der Waals surface area contributed by atoms with Gasteiger partial charge in [0.05, 0.1) is 6.61 Å². The van der Waals surface area contributed by atoms with Crippen LogP contribution in [-0.4, -0.2) is 19.2 Å². The summed E-state index contributed by atoms with van der Waals surface area (Å²) in [5.41, 5.74) is 0. The molecule has 4 heteroatoms. The predicted molar refractivity (Wildman–Crippen MR) is 78.4 cm³/mol. The topological polar surface area (TPSA) is 35.5 Å². The standard InChI is InChI=1S/C14H29O3P/c1-3-5-6-7-8-9-10-13(4-2)11-16-14(15)12-17-18/h13H,3-12,18H2,1-2H3. The van der Waals surface area contributed by atoms with E-state index in [0.29, 0.717) is 12.5 Å². The van der Waals surface area contributed by atoms with E-state index in [1.54, 1.807) is 0 Å². The number of rotatable bonds is 12. The summed E-state index contributed by atoms with van der Waals surface area (Å²) < 4.78 is 9.80. The average Bonchev–Trinajstić information content (AvgIpc) is 2.37. The summed E-state index contributed by atoms with van der Waals surface area (Å²) in [7, 11) is 2.06. The molecule has 0 aromatic carbocycles. The van der Waals surface area contributed by atoms with Crippen LogP contribution in [0, 0.1) is 5.92 Å². The van der Waals surface area contributed by atoms with Crippen LogP contribution in [0.15, 0.2) is 0 Å². The molecule has 0 aliphatic carbocycles. The first kappa shape index (κ1) is 17.9. The number of carbonyl (C=O) groups is 1. The van der Waals surface area contributed by atoms with Gasteiger partial charge in [-0.1, -0.05) is 58.8 Å². The molecule has 0 saturated carbocycles. The van der Waals surface area contributed by atoms with Crippen LogP contribution in [-0.2, 0) is 14.1 Å². The number of carbonyl (C=O) groups excluding carboxylic acids is 1. The van der Waals surface area contributed by atoms with E-state index < -0.39 is 0 Å². The Hall–Kier alpha value is -0.140. The molecule has 18 heavy (non-hydrogen) atoms. The van der Waals surface area contributed by atoms with Crippen LogP contribution in [0.5, 0.6) is 0 Å². The van der Waals surface area contributed by atoms with Crippen LogP contribution < -0.4 is 0 Å². The molecular weight excluding hydrogens is 247 g/mol. The van der Waals surface area contributed by atoms with Gasteiger partial charge in [-0.2, -0.15) is 0 Å². The molecule has 0 aromatic heterocycles. The SMILES string of the molecule is CCCCCCCCC(CC)COC(=O)COP. The summed E-state index contributed by atoms with van der Waals surface area (Å²) in [6.45, 7) is 4.96. The second-order valence-corrected chi connectivity index (χ2v) is 5.16. The second-order valence-electron chi connectivity index (χ2n) is 4.82. The fraction of sp³-hybridized carbons (Fsp3) is 0.929. The lowest BCUT2D eigenvalue weighted by molar-refractivity contribution is -0.147. The van der Waals surface area contributed by atoms with Crippen LogP contribution in [0.4, 0.5) is 0 Å². The number of esters is 1. The lowest BCUT2D eigenvalue weighted by Crippen LogP contribution is -2.16. The third-order valence-corrected chi connectivity index (χ3v) is 3.39. The van der Waals surface area contributed by atoms with E-state index in [1.165, 1.54) is 38.5 Å². The van der Waals surface area contributed by atoms with Crippen molar-refractivity contribution in [3.8, 4) is 0 Å². The molecule has 0 radical (unpaired) electrons. The van der Waals surface area contributed by atoms with Gasteiger partial charge in [0.25, 0.3) is 0 Å². The van der Waals surface area contributed by atoms with Gasteiger partial charge in [0.1, 0.15) is 6.61 Å². The predicted octanol–water partition coefficient (Wildman–Crippen LogP) is 4.11. The average molecular weight is 276 g/mol. The van der Waals surface area contributed by atoms with Crippen molar-refractivity contribution < 1.29 is 14.1 Å². The first-order valence-electron chi connectivity index (χ1n) is 7.21. The van der Waals surface area contributed by atoms with E-state index in [9.17, 15) is 4.79 Å². The van der Waals surface area contributed by atoms with Gasteiger partial charge in [-0.25, -0.2) is 4.79 Å². The van der Waals surface area contributed by atoms with E-state index in [1.807, 2.05) is 0 Å². The normalized spacial score (nSPS) is 12.4. The minimum absolute atomic E-state index is 0.0259. The van der Waals surface area contributed by atoms with Gasteiger partial charge in [-0.3, -0.25) is 0 Å². The molecule has 0 fully saturated rings. The lowest BCUT2D eigenvalue weighted by Gasteiger charge is -2.14. The van der Waals surface area contributed by atoms with Crippen molar-refractivity contribution in [3.63, 3.8) is 0 Å². The smallest absolute Gasteiger partial charge is 0.332 e. The van der Waals surface area contributed by atoms with E-state index >= 15 is 0 Å². The molecule has 0 aromatic rings. The largest absolute Gasteiger partial charge is 0.464 e. The number of hydrogen-bond acceptors (Lipinski definition) is 3. The Morgan fingerprint density at radius 2 is 1.78 bits per heavy atom. The number of unbranched alkanes of at least 4 members (excludes halogenated alkanes) is 5. The molecule has 0 spiro atoms. The van der Waals surface area contributed by atoms with Gasteiger partial charge >= 0.3 is 5.97 Å². The molecule has 2 atom stereocenters. The van der Waals surface area contributed by atoms with Crippen molar-refractivity contribution in [2.75, 3.05) is 13.2 Å². The third kappa shape index (κ3) is 11.0. The van der Waals surface area contributed by atoms with Crippen LogP contribution in [0.2, 0.25) is 0 Å². The molecule has 0 aliphatic heterocycles. The highest BCUT2D eigenvalue weighted by Gasteiger charge is 2.09. The minimum atomic E-state index is -0.272. The summed E-state index contributed by atoms with van der Waals surface area (Å²) in [4.78, 5) is 11.2. The van der Waals surface area contributed by atoms with Crippen molar-refractivity contribution >= 4 is 15.4 Å². The molecule has 0 bridgehead atoms. The Kier molecular flexibility index (Phi) is 13.2. The van der Waals surface area contributed by atoms with Gasteiger partial charge in [0.2, 0.25) is 0 Å². The van der Waals surface area contributed by atoms with Crippen molar-refractivity contribution in [1.82, 2.24) is 0 Å².